The van der Waals surface area contributed by atoms with Crippen molar-refractivity contribution in [1.82, 2.24) is 0 Å². The summed E-state index contributed by atoms with van der Waals surface area (Å²) in [5, 5.41) is 0. The Morgan fingerprint density at radius 3 is 2.39 bits per heavy atom. The molecule has 3 heteroatoms. The van der Waals surface area contributed by atoms with Gasteiger partial charge in [0.1, 0.15) is 0 Å². The molecule has 0 atom stereocenters. The van der Waals surface area contributed by atoms with Crippen molar-refractivity contribution in [2.75, 3.05) is 0 Å². The molecule has 1 fully saturated rings. The summed E-state index contributed by atoms with van der Waals surface area (Å²) in [6, 6.07) is 3.20. The Morgan fingerprint density at radius 2 is 1.83 bits per heavy atom. The minimum atomic E-state index is -0.709. The Kier molecular flexibility index (Phi) is 4.98. The summed E-state index contributed by atoms with van der Waals surface area (Å²) >= 11 is 1.87. The maximum atomic E-state index is 13.4. The number of hydrogen-bond acceptors (Lipinski definition) is 0. The molecule has 1 aromatic carbocycles. The topological polar surface area (TPSA) is 0 Å². The van der Waals surface area contributed by atoms with Crippen LogP contribution in [-0.4, -0.2) is 0 Å². The van der Waals surface area contributed by atoms with Gasteiger partial charge in [0.15, 0.2) is 11.6 Å². The van der Waals surface area contributed by atoms with Crippen molar-refractivity contribution < 1.29 is 8.78 Å². The van der Waals surface area contributed by atoms with Crippen molar-refractivity contribution in [1.29, 1.82) is 0 Å². The quantitative estimate of drug-likeness (QED) is 0.481. The smallest absolute Gasteiger partial charge is 0.172 e. The third-order valence-corrected chi connectivity index (χ3v) is 4.81. The summed E-state index contributed by atoms with van der Waals surface area (Å²) in [7, 11) is 0. The number of halogens is 3. The summed E-state index contributed by atoms with van der Waals surface area (Å²) in [6.45, 7) is 2.23. The maximum Gasteiger partial charge on any atom is 0.172 e. The fourth-order valence-corrected chi connectivity index (χ4v) is 3.62. The molecule has 1 aliphatic rings. The molecule has 1 saturated carbocycles. The molecule has 1 aliphatic carbocycles. The maximum absolute atomic E-state index is 13.4. The molecule has 0 N–H and O–H groups in total. The molecule has 0 aromatic heterocycles. The second-order valence-corrected chi connectivity index (χ2v) is 6.47. The van der Waals surface area contributed by atoms with E-state index in [2.05, 4.69) is 6.92 Å². The van der Waals surface area contributed by atoms with Gasteiger partial charge in [0.05, 0.1) is 3.57 Å². The van der Waals surface area contributed by atoms with Gasteiger partial charge in [-0.05, 0) is 77.8 Å². The highest BCUT2D eigenvalue weighted by atomic mass is 127. The third kappa shape index (κ3) is 3.22. The Morgan fingerprint density at radius 1 is 1.17 bits per heavy atom. The first-order chi connectivity index (χ1) is 8.61. The molecule has 0 saturated heterocycles. The fraction of sp³-hybridized carbons (Fsp3) is 0.600. The standard InChI is InChI=1S/C15H19F2I/c1-2-3-10-4-6-11(7-5-10)12-8-13(16)15(17)14(18)9-12/h8-11H,2-7H2,1H3. The molecular weight excluding hydrogens is 345 g/mol. The first kappa shape index (κ1) is 14.2. The van der Waals surface area contributed by atoms with Crippen LogP contribution in [-0.2, 0) is 0 Å². The van der Waals surface area contributed by atoms with Crippen molar-refractivity contribution in [3.8, 4) is 0 Å². The van der Waals surface area contributed by atoms with Crippen LogP contribution in [0.15, 0.2) is 12.1 Å². The summed E-state index contributed by atoms with van der Waals surface area (Å²) in [5.74, 6) is -0.149. The van der Waals surface area contributed by atoms with Crippen LogP contribution in [0.25, 0.3) is 0 Å². The summed E-state index contributed by atoms with van der Waals surface area (Å²) in [5.41, 5.74) is 0.980. The number of hydrogen-bond donors (Lipinski definition) is 0. The molecule has 0 heterocycles. The molecule has 0 unspecified atom stereocenters. The highest BCUT2D eigenvalue weighted by Gasteiger charge is 2.23. The summed E-state index contributed by atoms with van der Waals surface area (Å²) < 4.78 is 27.1. The fourth-order valence-electron chi connectivity index (χ4n) is 3.00. The Hall–Kier alpha value is -0.190. The SMILES string of the molecule is CCCC1CCC(c2cc(F)c(F)c(I)c2)CC1. The lowest BCUT2D eigenvalue weighted by atomic mass is 9.77. The van der Waals surface area contributed by atoms with Gasteiger partial charge in [-0.1, -0.05) is 19.8 Å². The van der Waals surface area contributed by atoms with Crippen LogP contribution in [0.3, 0.4) is 0 Å². The van der Waals surface area contributed by atoms with E-state index >= 15 is 0 Å². The van der Waals surface area contributed by atoms with Crippen LogP contribution in [0.1, 0.15) is 56.9 Å². The van der Waals surface area contributed by atoms with Gasteiger partial charge >= 0.3 is 0 Å². The predicted octanol–water partition coefficient (Wildman–Crippen LogP) is 5.64. The van der Waals surface area contributed by atoms with Gasteiger partial charge < -0.3 is 0 Å². The van der Waals surface area contributed by atoms with E-state index < -0.39 is 11.6 Å². The minimum absolute atomic E-state index is 0.401. The Balaban J connectivity index is 2.05. The van der Waals surface area contributed by atoms with Crippen molar-refractivity contribution >= 4 is 22.6 Å². The van der Waals surface area contributed by atoms with E-state index in [4.69, 9.17) is 0 Å². The van der Waals surface area contributed by atoms with Gasteiger partial charge in [0.25, 0.3) is 0 Å². The molecular formula is C15H19F2I. The lowest BCUT2D eigenvalue weighted by Crippen LogP contribution is -2.13. The van der Waals surface area contributed by atoms with Gasteiger partial charge in [-0.25, -0.2) is 8.78 Å². The molecule has 18 heavy (non-hydrogen) atoms. The second-order valence-electron chi connectivity index (χ2n) is 5.30. The van der Waals surface area contributed by atoms with Crippen molar-refractivity contribution in [2.45, 2.75) is 51.4 Å². The highest BCUT2D eigenvalue weighted by molar-refractivity contribution is 14.1. The van der Waals surface area contributed by atoms with Gasteiger partial charge in [0, 0.05) is 0 Å². The van der Waals surface area contributed by atoms with E-state index in [1.54, 1.807) is 0 Å². The van der Waals surface area contributed by atoms with Crippen molar-refractivity contribution in [3.63, 3.8) is 0 Å². The average Bonchev–Trinajstić information content (AvgIpc) is 2.37. The van der Waals surface area contributed by atoms with Crippen LogP contribution in [0.5, 0.6) is 0 Å². The predicted molar refractivity (Wildman–Crippen MR) is 78.7 cm³/mol. The third-order valence-electron chi connectivity index (χ3n) is 4.02. The minimum Gasteiger partial charge on any atom is -0.204 e. The van der Waals surface area contributed by atoms with E-state index in [9.17, 15) is 8.78 Å². The Labute approximate surface area is 121 Å². The van der Waals surface area contributed by atoms with Gasteiger partial charge in [0.2, 0.25) is 0 Å². The van der Waals surface area contributed by atoms with E-state index in [0.29, 0.717) is 9.49 Å². The van der Waals surface area contributed by atoms with Crippen LogP contribution in [0.2, 0.25) is 0 Å². The summed E-state index contributed by atoms with van der Waals surface area (Å²) in [4.78, 5) is 0. The zero-order chi connectivity index (χ0) is 13.1. The van der Waals surface area contributed by atoms with E-state index in [1.165, 1.54) is 31.7 Å². The first-order valence-corrected chi connectivity index (χ1v) is 7.84. The Bertz CT molecular complexity index is 386. The molecule has 2 rings (SSSR count). The van der Waals surface area contributed by atoms with Crippen molar-refractivity contribution in [2.24, 2.45) is 5.92 Å². The zero-order valence-electron chi connectivity index (χ0n) is 10.7. The lowest BCUT2D eigenvalue weighted by Gasteiger charge is -2.28. The highest BCUT2D eigenvalue weighted by Crippen LogP contribution is 2.38. The zero-order valence-corrected chi connectivity index (χ0v) is 12.8. The largest absolute Gasteiger partial charge is 0.204 e. The molecule has 0 amide bonds. The normalized spacial score (nSPS) is 24.2. The van der Waals surface area contributed by atoms with Crippen LogP contribution < -0.4 is 0 Å². The molecule has 100 valence electrons. The number of rotatable bonds is 3. The van der Waals surface area contributed by atoms with Crippen LogP contribution >= 0.6 is 22.6 Å². The molecule has 0 spiro atoms. The molecule has 0 nitrogen and oxygen atoms in total. The molecule has 1 aromatic rings. The molecule has 0 bridgehead atoms. The monoisotopic (exact) mass is 364 g/mol. The van der Waals surface area contributed by atoms with Gasteiger partial charge in [-0.15, -0.1) is 0 Å². The van der Waals surface area contributed by atoms with E-state index in [0.717, 1.165) is 24.3 Å². The van der Waals surface area contributed by atoms with Gasteiger partial charge in [-0.2, -0.15) is 0 Å². The van der Waals surface area contributed by atoms with Gasteiger partial charge in [-0.3, -0.25) is 0 Å². The lowest BCUT2D eigenvalue weighted by molar-refractivity contribution is 0.307. The van der Waals surface area contributed by atoms with Crippen molar-refractivity contribution in [3.05, 3.63) is 32.9 Å². The van der Waals surface area contributed by atoms with Crippen LogP contribution in [0.4, 0.5) is 8.78 Å². The number of benzene rings is 1. The van der Waals surface area contributed by atoms with Crippen LogP contribution in [0, 0.1) is 21.1 Å². The molecule has 0 radical (unpaired) electrons. The summed E-state index contributed by atoms with van der Waals surface area (Å²) in [6.07, 6.45) is 7.25. The average molecular weight is 364 g/mol. The van der Waals surface area contributed by atoms with E-state index in [1.807, 2.05) is 28.7 Å². The second kappa shape index (κ2) is 6.31. The molecule has 0 aliphatic heterocycles. The van der Waals surface area contributed by atoms with E-state index in [-0.39, 0.29) is 0 Å². The first-order valence-electron chi connectivity index (χ1n) is 6.76.